The molecule has 0 unspecified atom stereocenters. The molecule has 5 nitrogen and oxygen atoms in total. The second kappa shape index (κ2) is 5.33. The Labute approximate surface area is 128 Å². The summed E-state index contributed by atoms with van der Waals surface area (Å²) in [5.41, 5.74) is 2.79. The molecule has 3 aromatic rings. The van der Waals surface area contributed by atoms with E-state index in [0.29, 0.717) is 0 Å². The number of piperidine rings is 1. The van der Waals surface area contributed by atoms with Crippen molar-refractivity contribution in [1.29, 1.82) is 0 Å². The van der Waals surface area contributed by atoms with Crippen LogP contribution < -0.4 is 4.90 Å². The Kier molecular flexibility index (Phi) is 3.18. The molecule has 1 aliphatic heterocycles. The zero-order chi connectivity index (χ0) is 14.9. The highest BCUT2D eigenvalue weighted by atomic mass is 16.3. The maximum atomic E-state index is 9.72. The predicted octanol–water partition coefficient (Wildman–Crippen LogP) is 3.32. The molecule has 1 aromatic carbocycles. The molecular formula is C17H18N4O. The zero-order valence-corrected chi connectivity index (χ0v) is 12.3. The Morgan fingerprint density at radius 2 is 1.91 bits per heavy atom. The molecule has 2 N–H and O–H groups in total. The number of aromatic amines is 1. The third-order valence-corrected chi connectivity index (χ3v) is 4.25. The predicted molar refractivity (Wildman–Crippen MR) is 87.1 cm³/mol. The first-order valence-electron chi connectivity index (χ1n) is 7.70. The smallest absolute Gasteiger partial charge is 0.129 e. The minimum Gasteiger partial charge on any atom is -0.508 e. The highest BCUT2D eigenvalue weighted by molar-refractivity contribution is 5.94. The molecule has 0 saturated carbocycles. The number of aromatic hydroxyl groups is 1. The number of hydrogen-bond donors (Lipinski definition) is 2. The average Bonchev–Trinajstić information content (AvgIpc) is 2.99. The molecule has 5 heteroatoms. The second-order valence-corrected chi connectivity index (χ2v) is 5.75. The van der Waals surface area contributed by atoms with E-state index < -0.39 is 0 Å². The van der Waals surface area contributed by atoms with Gasteiger partial charge in [0.2, 0.25) is 0 Å². The number of phenols is 1. The number of anilines is 1. The fourth-order valence-corrected chi connectivity index (χ4v) is 3.08. The maximum absolute atomic E-state index is 9.72. The highest BCUT2D eigenvalue weighted by Crippen LogP contribution is 2.30. The first-order chi connectivity index (χ1) is 10.8. The van der Waals surface area contributed by atoms with E-state index in [-0.39, 0.29) is 5.75 Å². The van der Waals surface area contributed by atoms with Gasteiger partial charge in [-0.1, -0.05) is 0 Å². The minimum atomic E-state index is 0.250. The molecule has 1 fully saturated rings. The minimum absolute atomic E-state index is 0.250. The van der Waals surface area contributed by atoms with Gasteiger partial charge in [-0.3, -0.25) is 5.10 Å². The molecule has 22 heavy (non-hydrogen) atoms. The van der Waals surface area contributed by atoms with Crippen LogP contribution in [0.3, 0.4) is 0 Å². The van der Waals surface area contributed by atoms with Crippen LogP contribution in [0.5, 0.6) is 5.75 Å². The summed E-state index contributed by atoms with van der Waals surface area (Å²) in [5, 5.41) is 18.1. The number of aromatic nitrogens is 3. The van der Waals surface area contributed by atoms with E-state index in [1.807, 2.05) is 18.3 Å². The summed E-state index contributed by atoms with van der Waals surface area (Å²) >= 11 is 0. The van der Waals surface area contributed by atoms with Crippen molar-refractivity contribution in [1.82, 2.24) is 15.2 Å². The number of H-pyrrole nitrogens is 1. The Bertz CT molecular complexity index is 805. The van der Waals surface area contributed by atoms with E-state index in [1.165, 1.54) is 19.3 Å². The van der Waals surface area contributed by atoms with Crippen molar-refractivity contribution in [2.75, 3.05) is 18.0 Å². The largest absolute Gasteiger partial charge is 0.508 e. The number of nitrogens with zero attached hydrogens (tertiary/aromatic N) is 3. The van der Waals surface area contributed by atoms with Gasteiger partial charge in [-0.05, 0) is 49.6 Å². The first-order valence-corrected chi connectivity index (χ1v) is 7.70. The Balaban J connectivity index is 1.76. The van der Waals surface area contributed by atoms with Crippen LogP contribution in [0.2, 0.25) is 0 Å². The molecular weight excluding hydrogens is 276 g/mol. The Morgan fingerprint density at radius 1 is 1.05 bits per heavy atom. The SMILES string of the molecule is Oc1ccc2[nH]nc(-c3ccnc(N4CCCCC4)c3)c2c1. The van der Waals surface area contributed by atoms with E-state index >= 15 is 0 Å². The van der Waals surface area contributed by atoms with Crippen LogP contribution in [-0.4, -0.2) is 33.4 Å². The Hall–Kier alpha value is -2.56. The summed E-state index contributed by atoms with van der Waals surface area (Å²) in [5.74, 6) is 1.26. The summed E-state index contributed by atoms with van der Waals surface area (Å²) in [6.45, 7) is 2.14. The summed E-state index contributed by atoms with van der Waals surface area (Å²) in [4.78, 5) is 6.84. The van der Waals surface area contributed by atoms with Crippen LogP contribution in [-0.2, 0) is 0 Å². The van der Waals surface area contributed by atoms with Gasteiger partial charge in [-0.2, -0.15) is 5.10 Å². The molecule has 4 rings (SSSR count). The van der Waals surface area contributed by atoms with Gasteiger partial charge in [0.15, 0.2) is 0 Å². The van der Waals surface area contributed by atoms with Gasteiger partial charge in [0.05, 0.1) is 5.52 Å². The van der Waals surface area contributed by atoms with Crippen LogP contribution in [0.4, 0.5) is 5.82 Å². The van der Waals surface area contributed by atoms with Crippen molar-refractivity contribution in [2.24, 2.45) is 0 Å². The summed E-state index contributed by atoms with van der Waals surface area (Å²) in [6, 6.07) is 9.30. The van der Waals surface area contributed by atoms with E-state index in [1.54, 1.807) is 12.1 Å². The number of rotatable bonds is 2. The van der Waals surface area contributed by atoms with E-state index in [9.17, 15) is 5.11 Å². The second-order valence-electron chi connectivity index (χ2n) is 5.75. The number of phenolic OH excluding ortho intramolecular Hbond substituents is 1. The normalized spacial score (nSPS) is 15.4. The lowest BCUT2D eigenvalue weighted by Gasteiger charge is -2.27. The molecule has 1 aliphatic rings. The van der Waals surface area contributed by atoms with Gasteiger partial charge in [0.1, 0.15) is 17.3 Å². The molecule has 0 aliphatic carbocycles. The topological polar surface area (TPSA) is 65.0 Å². The molecule has 0 bridgehead atoms. The molecule has 112 valence electrons. The lowest BCUT2D eigenvalue weighted by Crippen LogP contribution is -2.30. The van der Waals surface area contributed by atoms with Gasteiger partial charge >= 0.3 is 0 Å². The number of nitrogens with one attached hydrogen (secondary N) is 1. The zero-order valence-electron chi connectivity index (χ0n) is 12.3. The Morgan fingerprint density at radius 3 is 2.77 bits per heavy atom. The van der Waals surface area contributed by atoms with E-state index in [0.717, 1.165) is 41.1 Å². The highest BCUT2D eigenvalue weighted by Gasteiger charge is 2.14. The van der Waals surface area contributed by atoms with Crippen LogP contribution in [0.25, 0.3) is 22.2 Å². The molecule has 1 saturated heterocycles. The first kappa shape index (κ1) is 13.1. The van der Waals surface area contributed by atoms with Gasteiger partial charge in [-0.15, -0.1) is 0 Å². The van der Waals surface area contributed by atoms with Crippen molar-refractivity contribution in [3.8, 4) is 17.0 Å². The van der Waals surface area contributed by atoms with Gasteiger partial charge in [0.25, 0.3) is 0 Å². The maximum Gasteiger partial charge on any atom is 0.129 e. The van der Waals surface area contributed by atoms with Gasteiger partial charge in [0, 0.05) is 30.2 Å². The lowest BCUT2D eigenvalue weighted by molar-refractivity contribution is 0.476. The van der Waals surface area contributed by atoms with Crippen LogP contribution in [0.1, 0.15) is 19.3 Å². The van der Waals surface area contributed by atoms with E-state index in [4.69, 9.17) is 0 Å². The van der Waals surface area contributed by atoms with Crippen LogP contribution in [0.15, 0.2) is 36.5 Å². The number of pyridine rings is 1. The van der Waals surface area contributed by atoms with E-state index in [2.05, 4.69) is 26.1 Å². The number of hydrogen-bond acceptors (Lipinski definition) is 4. The summed E-state index contributed by atoms with van der Waals surface area (Å²) in [6.07, 6.45) is 5.60. The monoisotopic (exact) mass is 294 g/mol. The molecule has 0 radical (unpaired) electrons. The molecule has 0 atom stereocenters. The summed E-state index contributed by atoms with van der Waals surface area (Å²) < 4.78 is 0. The van der Waals surface area contributed by atoms with Crippen LogP contribution in [0, 0.1) is 0 Å². The molecule has 0 spiro atoms. The van der Waals surface area contributed by atoms with Gasteiger partial charge < -0.3 is 10.0 Å². The average molecular weight is 294 g/mol. The van der Waals surface area contributed by atoms with Crippen molar-refractivity contribution >= 4 is 16.7 Å². The van der Waals surface area contributed by atoms with Crippen molar-refractivity contribution < 1.29 is 5.11 Å². The third-order valence-electron chi connectivity index (χ3n) is 4.25. The van der Waals surface area contributed by atoms with Crippen molar-refractivity contribution in [3.63, 3.8) is 0 Å². The quantitative estimate of drug-likeness (QED) is 0.761. The van der Waals surface area contributed by atoms with Crippen molar-refractivity contribution in [2.45, 2.75) is 19.3 Å². The summed E-state index contributed by atoms with van der Waals surface area (Å²) in [7, 11) is 0. The standard InChI is InChI=1S/C17H18N4O/c22-13-4-5-15-14(11-13)17(20-19-15)12-6-7-18-16(10-12)21-8-2-1-3-9-21/h4-7,10-11,22H,1-3,8-9H2,(H,19,20). The van der Waals surface area contributed by atoms with Crippen LogP contribution >= 0.6 is 0 Å². The molecule has 2 aromatic heterocycles. The molecule has 3 heterocycles. The fraction of sp³-hybridized carbons (Fsp3) is 0.294. The number of benzene rings is 1. The molecule has 0 amide bonds. The fourth-order valence-electron chi connectivity index (χ4n) is 3.08. The lowest BCUT2D eigenvalue weighted by atomic mass is 10.1. The van der Waals surface area contributed by atoms with Crippen molar-refractivity contribution in [3.05, 3.63) is 36.5 Å². The third kappa shape index (κ3) is 2.28. The number of fused-ring (bicyclic) bond motifs is 1. The van der Waals surface area contributed by atoms with Gasteiger partial charge in [-0.25, -0.2) is 4.98 Å².